The van der Waals surface area contributed by atoms with Gasteiger partial charge in [-0.2, -0.15) is 10.2 Å². The third kappa shape index (κ3) is 2.18. The second kappa shape index (κ2) is 4.72. The lowest BCUT2D eigenvalue weighted by Crippen LogP contribution is -2.25. The summed E-state index contributed by atoms with van der Waals surface area (Å²) in [7, 11) is 0. The summed E-state index contributed by atoms with van der Waals surface area (Å²) in [4.78, 5) is 12.0. The molecule has 0 unspecified atom stereocenters. The van der Waals surface area contributed by atoms with Crippen molar-refractivity contribution in [3.05, 3.63) is 41.5 Å². The molecule has 0 bridgehead atoms. The summed E-state index contributed by atoms with van der Waals surface area (Å²) < 4.78 is 5.10. The van der Waals surface area contributed by atoms with Crippen molar-refractivity contribution < 1.29 is 9.53 Å². The maximum Gasteiger partial charge on any atom is 0.338 e. The van der Waals surface area contributed by atoms with Gasteiger partial charge in [-0.15, -0.1) is 0 Å². The third-order valence-corrected chi connectivity index (χ3v) is 2.78. The van der Waals surface area contributed by atoms with Crippen LogP contribution in [0.15, 0.2) is 46.1 Å². The van der Waals surface area contributed by atoms with Crippen LogP contribution < -0.4 is 0 Å². The van der Waals surface area contributed by atoms with Gasteiger partial charge in [-0.3, -0.25) is 0 Å². The predicted octanol–water partition coefficient (Wildman–Crippen LogP) is 3.21. The number of nitrogens with zero attached hydrogens (tertiary/aromatic N) is 2. The zero-order valence-corrected chi connectivity index (χ0v) is 10.8. The molecular formula is C14H16N2O2. The lowest BCUT2D eigenvalue weighted by Gasteiger charge is -2.16. The van der Waals surface area contributed by atoms with Gasteiger partial charge in [0.2, 0.25) is 0 Å². The number of benzene rings is 1. The minimum Gasteiger partial charge on any atom is -0.463 e. The normalized spacial score (nSPS) is 17.1. The van der Waals surface area contributed by atoms with E-state index in [0.717, 1.165) is 5.56 Å². The van der Waals surface area contributed by atoms with E-state index < -0.39 is 5.54 Å². The molecule has 0 atom stereocenters. The van der Waals surface area contributed by atoms with Gasteiger partial charge in [0.15, 0.2) is 0 Å². The molecule has 2 rings (SSSR count). The molecule has 0 fully saturated rings. The first-order valence-corrected chi connectivity index (χ1v) is 5.96. The molecule has 1 aliphatic heterocycles. The van der Waals surface area contributed by atoms with Crippen LogP contribution in [0.5, 0.6) is 0 Å². The zero-order chi connectivity index (χ0) is 13.2. The Bertz CT molecular complexity index is 516. The Labute approximate surface area is 106 Å². The molecule has 0 saturated heterocycles. The van der Waals surface area contributed by atoms with E-state index in [1.807, 2.05) is 44.2 Å². The van der Waals surface area contributed by atoms with Crippen molar-refractivity contribution in [2.24, 2.45) is 10.2 Å². The first kappa shape index (κ1) is 12.5. The van der Waals surface area contributed by atoms with Crippen molar-refractivity contribution in [2.75, 3.05) is 6.61 Å². The Hall–Kier alpha value is -1.97. The van der Waals surface area contributed by atoms with E-state index in [0.29, 0.717) is 17.9 Å². The Morgan fingerprint density at radius 1 is 1.28 bits per heavy atom. The van der Waals surface area contributed by atoms with Crippen molar-refractivity contribution in [3.8, 4) is 0 Å². The van der Waals surface area contributed by atoms with Crippen LogP contribution in [0.4, 0.5) is 0 Å². The van der Waals surface area contributed by atoms with E-state index in [1.165, 1.54) is 0 Å². The zero-order valence-electron chi connectivity index (χ0n) is 10.8. The Morgan fingerprint density at radius 2 is 1.94 bits per heavy atom. The minimum absolute atomic E-state index is 0.341. The number of rotatable bonds is 3. The number of ether oxygens (including phenoxy) is 1. The van der Waals surface area contributed by atoms with Crippen molar-refractivity contribution in [1.82, 2.24) is 0 Å². The van der Waals surface area contributed by atoms with Gasteiger partial charge in [-0.25, -0.2) is 4.79 Å². The average Bonchev–Trinajstić information content (AvgIpc) is 2.66. The van der Waals surface area contributed by atoms with Gasteiger partial charge in [-0.05, 0) is 20.8 Å². The van der Waals surface area contributed by atoms with Gasteiger partial charge in [-0.1, -0.05) is 30.3 Å². The van der Waals surface area contributed by atoms with Crippen LogP contribution in [-0.4, -0.2) is 18.1 Å². The molecule has 0 N–H and O–H groups in total. The molecule has 1 heterocycles. The average molecular weight is 244 g/mol. The summed E-state index contributed by atoms with van der Waals surface area (Å²) >= 11 is 0. The molecular weight excluding hydrogens is 228 g/mol. The molecule has 0 amide bonds. The van der Waals surface area contributed by atoms with Crippen LogP contribution in [-0.2, 0) is 9.53 Å². The van der Waals surface area contributed by atoms with Crippen LogP contribution in [0.2, 0.25) is 0 Å². The van der Waals surface area contributed by atoms with E-state index in [2.05, 4.69) is 10.2 Å². The quantitative estimate of drug-likeness (QED) is 0.766. The fraction of sp³-hybridized carbons (Fsp3) is 0.357. The highest BCUT2D eigenvalue weighted by atomic mass is 16.5. The highest BCUT2D eigenvalue weighted by molar-refractivity contribution is 6.00. The summed E-state index contributed by atoms with van der Waals surface area (Å²) in [6, 6.07) is 9.56. The van der Waals surface area contributed by atoms with E-state index in [-0.39, 0.29) is 5.97 Å². The standard InChI is InChI=1S/C14H16N2O2/c1-4-18-13(17)11-12(15-16-14(11,2)3)10-8-6-5-7-9-10/h5-9H,4H2,1-3H3. The first-order chi connectivity index (χ1) is 8.56. The molecule has 1 aliphatic rings. The lowest BCUT2D eigenvalue weighted by atomic mass is 9.92. The Kier molecular flexibility index (Phi) is 3.28. The number of carbonyl (C=O) groups excluding carboxylic acids is 1. The molecule has 4 heteroatoms. The van der Waals surface area contributed by atoms with Gasteiger partial charge in [0, 0.05) is 5.56 Å². The highest BCUT2D eigenvalue weighted by Crippen LogP contribution is 2.37. The fourth-order valence-corrected chi connectivity index (χ4v) is 1.91. The third-order valence-electron chi connectivity index (χ3n) is 2.78. The predicted molar refractivity (Wildman–Crippen MR) is 68.9 cm³/mol. The van der Waals surface area contributed by atoms with Crippen molar-refractivity contribution in [1.29, 1.82) is 0 Å². The summed E-state index contributed by atoms with van der Waals surface area (Å²) in [5.74, 6) is -0.341. The van der Waals surface area contributed by atoms with Gasteiger partial charge >= 0.3 is 5.97 Å². The van der Waals surface area contributed by atoms with E-state index >= 15 is 0 Å². The number of carbonyl (C=O) groups is 1. The van der Waals surface area contributed by atoms with Gasteiger partial charge in [0.25, 0.3) is 0 Å². The minimum atomic E-state index is -0.628. The number of hydrogen-bond donors (Lipinski definition) is 0. The molecule has 4 nitrogen and oxygen atoms in total. The summed E-state index contributed by atoms with van der Waals surface area (Å²) in [6.07, 6.45) is 0. The van der Waals surface area contributed by atoms with E-state index in [1.54, 1.807) is 6.92 Å². The molecule has 1 aromatic carbocycles. The van der Waals surface area contributed by atoms with E-state index in [4.69, 9.17) is 4.74 Å². The second-order valence-corrected chi connectivity index (χ2v) is 4.57. The molecule has 18 heavy (non-hydrogen) atoms. The topological polar surface area (TPSA) is 51.0 Å². The molecule has 0 aliphatic carbocycles. The lowest BCUT2D eigenvalue weighted by molar-refractivity contribution is -0.139. The summed E-state index contributed by atoms with van der Waals surface area (Å²) in [6.45, 7) is 5.86. The molecule has 0 saturated carbocycles. The fourth-order valence-electron chi connectivity index (χ4n) is 1.91. The smallest absolute Gasteiger partial charge is 0.338 e. The maximum atomic E-state index is 12.0. The number of esters is 1. The Morgan fingerprint density at radius 3 is 2.56 bits per heavy atom. The largest absolute Gasteiger partial charge is 0.463 e. The van der Waals surface area contributed by atoms with Crippen molar-refractivity contribution >= 4 is 11.7 Å². The van der Waals surface area contributed by atoms with Crippen LogP contribution >= 0.6 is 0 Å². The monoisotopic (exact) mass is 244 g/mol. The Balaban J connectivity index is 2.50. The van der Waals surface area contributed by atoms with Gasteiger partial charge < -0.3 is 4.74 Å². The molecule has 0 aromatic heterocycles. The maximum absolute atomic E-state index is 12.0. The van der Waals surface area contributed by atoms with Crippen LogP contribution in [0.3, 0.4) is 0 Å². The van der Waals surface area contributed by atoms with Gasteiger partial charge in [0.1, 0.15) is 11.2 Å². The van der Waals surface area contributed by atoms with Crippen molar-refractivity contribution in [3.63, 3.8) is 0 Å². The first-order valence-electron chi connectivity index (χ1n) is 5.96. The SMILES string of the molecule is CCOC(=O)C1=C(c2ccccc2)N=NC1(C)C. The molecule has 1 aromatic rings. The number of hydrogen-bond acceptors (Lipinski definition) is 4. The van der Waals surface area contributed by atoms with E-state index in [9.17, 15) is 4.79 Å². The van der Waals surface area contributed by atoms with Crippen LogP contribution in [0.1, 0.15) is 26.3 Å². The highest BCUT2D eigenvalue weighted by Gasteiger charge is 2.37. The summed E-state index contributed by atoms with van der Waals surface area (Å²) in [5.41, 5.74) is 1.39. The molecule has 0 spiro atoms. The van der Waals surface area contributed by atoms with Crippen LogP contribution in [0, 0.1) is 0 Å². The van der Waals surface area contributed by atoms with Crippen LogP contribution in [0.25, 0.3) is 5.70 Å². The molecule has 0 radical (unpaired) electrons. The molecule has 94 valence electrons. The van der Waals surface area contributed by atoms with Gasteiger partial charge in [0.05, 0.1) is 12.2 Å². The van der Waals surface area contributed by atoms with Crippen molar-refractivity contribution in [2.45, 2.75) is 26.3 Å². The second-order valence-electron chi connectivity index (χ2n) is 4.57. The number of azo groups is 1. The summed E-state index contributed by atoms with van der Waals surface area (Å²) in [5, 5.41) is 8.31.